The quantitative estimate of drug-likeness (QED) is 0.823. The van der Waals surface area contributed by atoms with Crippen LogP contribution in [0.25, 0.3) is 0 Å². The summed E-state index contributed by atoms with van der Waals surface area (Å²) in [6.07, 6.45) is 1.61. The van der Waals surface area contributed by atoms with E-state index in [0.717, 1.165) is 18.4 Å². The molecule has 1 fully saturated rings. The van der Waals surface area contributed by atoms with Crippen molar-refractivity contribution in [2.24, 2.45) is 0 Å². The molecule has 1 N–H and O–H groups in total. The first-order chi connectivity index (χ1) is 11.5. The predicted molar refractivity (Wildman–Crippen MR) is 91.2 cm³/mol. The van der Waals surface area contributed by atoms with E-state index in [2.05, 4.69) is 0 Å². The van der Waals surface area contributed by atoms with E-state index in [0.29, 0.717) is 25.4 Å². The average molecular weight is 334 g/mol. The minimum absolute atomic E-state index is 0.0174. The molecule has 24 heavy (non-hydrogen) atoms. The predicted octanol–water partition coefficient (Wildman–Crippen LogP) is 1.77. The number of rotatable bonds is 7. The molecule has 1 saturated heterocycles. The number of nitrogens with zero attached hydrogens (tertiary/aromatic N) is 2. The first kappa shape index (κ1) is 18.3. The highest BCUT2D eigenvalue weighted by Gasteiger charge is 2.27. The largest absolute Gasteiger partial charge is 0.484 e. The van der Waals surface area contributed by atoms with E-state index in [1.807, 2.05) is 43.0 Å². The van der Waals surface area contributed by atoms with Gasteiger partial charge in [-0.1, -0.05) is 19.1 Å². The van der Waals surface area contributed by atoms with Crippen LogP contribution in [0.2, 0.25) is 0 Å². The number of amides is 1. The number of aryl methyl sites for hydroxylation is 1. The Bertz CT molecular complexity index is 568. The smallest absolute Gasteiger partial charge is 0.317 e. The number of ether oxygens (including phenoxy) is 1. The molecular formula is C18H26N2O4. The maximum Gasteiger partial charge on any atom is 0.317 e. The van der Waals surface area contributed by atoms with Gasteiger partial charge in [-0.05, 0) is 44.0 Å². The molecular weight excluding hydrogens is 308 g/mol. The van der Waals surface area contributed by atoms with Gasteiger partial charge < -0.3 is 14.7 Å². The standard InChI is InChI=1S/C18H26N2O4/c1-3-19(12-18(22)23)15-7-9-20(10-8-15)17(21)13-24-16-6-4-5-14(2)11-16/h4-6,11,15H,3,7-10,12-13H2,1-2H3,(H,22,23). The Hall–Kier alpha value is -2.08. The molecule has 1 heterocycles. The lowest BCUT2D eigenvalue weighted by atomic mass is 10.0. The topological polar surface area (TPSA) is 70.1 Å². The van der Waals surface area contributed by atoms with E-state index < -0.39 is 5.97 Å². The van der Waals surface area contributed by atoms with Crippen LogP contribution in [-0.4, -0.2) is 65.6 Å². The fraction of sp³-hybridized carbons (Fsp3) is 0.556. The van der Waals surface area contributed by atoms with Gasteiger partial charge in [0.2, 0.25) is 0 Å². The number of piperidine rings is 1. The first-order valence-electron chi connectivity index (χ1n) is 8.42. The summed E-state index contributed by atoms with van der Waals surface area (Å²) in [6.45, 7) is 6.06. The number of likely N-dealkylation sites (N-methyl/N-ethyl adjacent to an activating group) is 1. The molecule has 0 saturated carbocycles. The number of benzene rings is 1. The lowest BCUT2D eigenvalue weighted by Crippen LogP contribution is -2.49. The highest BCUT2D eigenvalue weighted by atomic mass is 16.5. The van der Waals surface area contributed by atoms with Crippen molar-refractivity contribution in [3.63, 3.8) is 0 Å². The molecule has 0 atom stereocenters. The van der Waals surface area contributed by atoms with Crippen LogP contribution < -0.4 is 4.74 Å². The van der Waals surface area contributed by atoms with E-state index in [-0.39, 0.29) is 25.1 Å². The van der Waals surface area contributed by atoms with E-state index in [1.165, 1.54) is 0 Å². The molecule has 0 aromatic heterocycles. The lowest BCUT2D eigenvalue weighted by Gasteiger charge is -2.37. The van der Waals surface area contributed by atoms with E-state index >= 15 is 0 Å². The molecule has 1 aliphatic rings. The molecule has 6 nitrogen and oxygen atoms in total. The van der Waals surface area contributed by atoms with Gasteiger partial charge in [0.15, 0.2) is 6.61 Å². The number of carbonyl (C=O) groups excluding carboxylic acids is 1. The summed E-state index contributed by atoms with van der Waals surface area (Å²) in [5.74, 6) is -0.116. The fourth-order valence-electron chi connectivity index (χ4n) is 3.09. The third-order valence-electron chi connectivity index (χ3n) is 4.43. The molecule has 0 radical (unpaired) electrons. The maximum atomic E-state index is 12.3. The second-order valence-corrected chi connectivity index (χ2v) is 6.17. The molecule has 1 aliphatic heterocycles. The molecule has 1 aromatic carbocycles. The Kier molecular flexibility index (Phi) is 6.61. The molecule has 0 spiro atoms. The summed E-state index contributed by atoms with van der Waals surface area (Å²) in [6, 6.07) is 7.87. The summed E-state index contributed by atoms with van der Waals surface area (Å²) >= 11 is 0. The minimum atomic E-state index is -0.804. The summed E-state index contributed by atoms with van der Waals surface area (Å²) in [5, 5.41) is 8.96. The highest BCUT2D eigenvalue weighted by molar-refractivity contribution is 5.77. The zero-order valence-corrected chi connectivity index (χ0v) is 14.4. The Labute approximate surface area is 143 Å². The SMILES string of the molecule is CCN(CC(=O)O)C1CCN(C(=O)COc2cccc(C)c2)CC1. The van der Waals surface area contributed by atoms with Gasteiger partial charge in [-0.25, -0.2) is 0 Å². The molecule has 0 unspecified atom stereocenters. The number of carbonyl (C=O) groups is 2. The lowest BCUT2D eigenvalue weighted by molar-refractivity contribution is -0.140. The van der Waals surface area contributed by atoms with Crippen LogP contribution >= 0.6 is 0 Å². The van der Waals surface area contributed by atoms with Gasteiger partial charge in [-0.2, -0.15) is 0 Å². The van der Waals surface area contributed by atoms with Crippen molar-refractivity contribution in [1.82, 2.24) is 9.80 Å². The van der Waals surface area contributed by atoms with Crippen molar-refractivity contribution in [2.45, 2.75) is 32.7 Å². The number of hydrogen-bond acceptors (Lipinski definition) is 4. The number of likely N-dealkylation sites (tertiary alicyclic amines) is 1. The fourth-order valence-corrected chi connectivity index (χ4v) is 3.09. The Morgan fingerprint density at radius 3 is 2.62 bits per heavy atom. The molecule has 0 aliphatic carbocycles. The molecule has 132 valence electrons. The Morgan fingerprint density at radius 2 is 2.04 bits per heavy atom. The van der Waals surface area contributed by atoms with Crippen LogP contribution in [0.1, 0.15) is 25.3 Å². The average Bonchev–Trinajstić information content (AvgIpc) is 2.57. The second kappa shape index (κ2) is 8.68. The summed E-state index contributed by atoms with van der Waals surface area (Å²) in [4.78, 5) is 27.0. The minimum Gasteiger partial charge on any atom is -0.484 e. The summed E-state index contributed by atoms with van der Waals surface area (Å²) < 4.78 is 5.57. The Balaban J connectivity index is 1.78. The monoisotopic (exact) mass is 334 g/mol. The van der Waals surface area contributed by atoms with Crippen LogP contribution in [0.15, 0.2) is 24.3 Å². The van der Waals surface area contributed by atoms with E-state index in [1.54, 1.807) is 4.90 Å². The van der Waals surface area contributed by atoms with Crippen LogP contribution in [0.5, 0.6) is 5.75 Å². The van der Waals surface area contributed by atoms with Gasteiger partial charge >= 0.3 is 5.97 Å². The number of aliphatic carboxylic acids is 1. The van der Waals surface area contributed by atoms with Crippen molar-refractivity contribution in [1.29, 1.82) is 0 Å². The van der Waals surface area contributed by atoms with Crippen molar-refractivity contribution in [2.75, 3.05) is 32.8 Å². The highest BCUT2D eigenvalue weighted by Crippen LogP contribution is 2.17. The third-order valence-corrected chi connectivity index (χ3v) is 4.43. The van der Waals surface area contributed by atoms with E-state index in [9.17, 15) is 9.59 Å². The summed E-state index contributed by atoms with van der Waals surface area (Å²) in [7, 11) is 0. The van der Waals surface area contributed by atoms with Gasteiger partial charge in [0, 0.05) is 19.1 Å². The van der Waals surface area contributed by atoms with Gasteiger partial charge in [-0.15, -0.1) is 0 Å². The zero-order valence-electron chi connectivity index (χ0n) is 14.4. The molecule has 6 heteroatoms. The van der Waals surface area contributed by atoms with Crippen LogP contribution in [0.4, 0.5) is 0 Å². The summed E-state index contributed by atoms with van der Waals surface area (Å²) in [5.41, 5.74) is 1.10. The molecule has 1 amide bonds. The van der Waals surface area contributed by atoms with E-state index in [4.69, 9.17) is 9.84 Å². The first-order valence-corrected chi connectivity index (χ1v) is 8.42. The molecule has 1 aromatic rings. The number of hydrogen-bond donors (Lipinski definition) is 1. The molecule has 2 rings (SSSR count). The van der Waals surface area contributed by atoms with Gasteiger partial charge in [-0.3, -0.25) is 14.5 Å². The van der Waals surface area contributed by atoms with Gasteiger partial charge in [0.05, 0.1) is 6.54 Å². The number of carboxylic acid groups (broad SMARTS) is 1. The van der Waals surface area contributed by atoms with Crippen molar-refractivity contribution >= 4 is 11.9 Å². The van der Waals surface area contributed by atoms with Crippen molar-refractivity contribution in [3.8, 4) is 5.75 Å². The zero-order chi connectivity index (χ0) is 17.5. The second-order valence-electron chi connectivity index (χ2n) is 6.17. The van der Waals surface area contributed by atoms with Crippen molar-refractivity contribution in [3.05, 3.63) is 29.8 Å². The van der Waals surface area contributed by atoms with Crippen LogP contribution in [0, 0.1) is 6.92 Å². The van der Waals surface area contributed by atoms with Gasteiger partial charge in [0.25, 0.3) is 5.91 Å². The normalized spacial score (nSPS) is 15.5. The number of carboxylic acids is 1. The molecule has 0 bridgehead atoms. The Morgan fingerprint density at radius 1 is 1.33 bits per heavy atom. The van der Waals surface area contributed by atoms with Gasteiger partial charge in [0.1, 0.15) is 5.75 Å². The van der Waals surface area contributed by atoms with Crippen LogP contribution in [-0.2, 0) is 9.59 Å². The third kappa shape index (κ3) is 5.23. The van der Waals surface area contributed by atoms with Crippen LogP contribution in [0.3, 0.4) is 0 Å². The maximum absolute atomic E-state index is 12.3. The van der Waals surface area contributed by atoms with Crippen molar-refractivity contribution < 1.29 is 19.4 Å².